The molecule has 0 bridgehead atoms. The SMILES string of the molecule is O=C(c1ccccc1)c1cccc(Cl)c1-c1ccccc1. The molecule has 102 valence electrons. The Bertz CT molecular complexity index is 764. The van der Waals surface area contributed by atoms with Gasteiger partial charge in [-0.2, -0.15) is 0 Å². The topological polar surface area (TPSA) is 17.1 Å². The predicted octanol–water partition coefficient (Wildman–Crippen LogP) is 5.24. The fraction of sp³-hybridized carbons (Fsp3) is 0. The summed E-state index contributed by atoms with van der Waals surface area (Å²) in [6.45, 7) is 0. The summed E-state index contributed by atoms with van der Waals surface area (Å²) < 4.78 is 0. The molecule has 0 fully saturated rings. The van der Waals surface area contributed by atoms with Gasteiger partial charge >= 0.3 is 0 Å². The Kier molecular flexibility index (Phi) is 3.85. The van der Waals surface area contributed by atoms with Gasteiger partial charge in [-0.15, -0.1) is 0 Å². The van der Waals surface area contributed by atoms with Crippen LogP contribution in [0.3, 0.4) is 0 Å². The van der Waals surface area contributed by atoms with Crippen molar-refractivity contribution in [3.05, 3.63) is 95.0 Å². The summed E-state index contributed by atoms with van der Waals surface area (Å²) in [5.74, 6) is -0.0167. The summed E-state index contributed by atoms with van der Waals surface area (Å²) in [5.41, 5.74) is 3.02. The quantitative estimate of drug-likeness (QED) is 0.603. The number of rotatable bonds is 3. The molecule has 2 heteroatoms. The fourth-order valence-corrected chi connectivity index (χ4v) is 2.64. The van der Waals surface area contributed by atoms with Gasteiger partial charge in [0.15, 0.2) is 5.78 Å². The number of hydrogen-bond acceptors (Lipinski definition) is 1. The first-order chi connectivity index (χ1) is 10.3. The lowest BCUT2D eigenvalue weighted by atomic mass is 9.94. The molecular formula is C19H13ClO. The van der Waals surface area contributed by atoms with Gasteiger partial charge in [-0.3, -0.25) is 4.79 Å². The Morgan fingerprint density at radius 3 is 2.00 bits per heavy atom. The van der Waals surface area contributed by atoms with E-state index in [0.717, 1.165) is 11.1 Å². The Morgan fingerprint density at radius 1 is 0.714 bits per heavy atom. The zero-order valence-corrected chi connectivity index (χ0v) is 12.0. The van der Waals surface area contributed by atoms with Crippen LogP contribution in [0.2, 0.25) is 5.02 Å². The van der Waals surface area contributed by atoms with E-state index in [1.807, 2.05) is 78.9 Å². The van der Waals surface area contributed by atoms with Crippen LogP contribution >= 0.6 is 11.6 Å². The molecule has 21 heavy (non-hydrogen) atoms. The van der Waals surface area contributed by atoms with Crippen LogP contribution in [0.4, 0.5) is 0 Å². The lowest BCUT2D eigenvalue weighted by molar-refractivity contribution is 0.103. The van der Waals surface area contributed by atoms with E-state index < -0.39 is 0 Å². The van der Waals surface area contributed by atoms with E-state index in [9.17, 15) is 4.79 Å². The number of benzene rings is 3. The third-order valence-electron chi connectivity index (χ3n) is 3.36. The predicted molar refractivity (Wildman–Crippen MR) is 86.8 cm³/mol. The van der Waals surface area contributed by atoms with Crippen LogP contribution < -0.4 is 0 Å². The van der Waals surface area contributed by atoms with E-state index in [-0.39, 0.29) is 5.78 Å². The molecule has 0 amide bonds. The Hall–Kier alpha value is -2.38. The number of hydrogen-bond donors (Lipinski definition) is 0. The molecule has 0 aliphatic carbocycles. The second-order valence-corrected chi connectivity index (χ2v) is 5.13. The van der Waals surface area contributed by atoms with Gasteiger partial charge in [-0.05, 0) is 11.6 Å². The molecule has 3 aromatic rings. The van der Waals surface area contributed by atoms with Gasteiger partial charge < -0.3 is 0 Å². The fourth-order valence-electron chi connectivity index (χ4n) is 2.36. The van der Waals surface area contributed by atoms with Gasteiger partial charge in [0.2, 0.25) is 0 Å². The molecule has 0 spiro atoms. The minimum atomic E-state index is -0.0167. The van der Waals surface area contributed by atoms with Gasteiger partial charge in [0.1, 0.15) is 0 Å². The highest BCUT2D eigenvalue weighted by molar-refractivity contribution is 6.34. The summed E-state index contributed by atoms with van der Waals surface area (Å²) in [6, 6.07) is 24.4. The first-order valence-corrected chi connectivity index (χ1v) is 7.09. The van der Waals surface area contributed by atoms with E-state index in [0.29, 0.717) is 16.1 Å². The van der Waals surface area contributed by atoms with Crippen LogP contribution in [0.25, 0.3) is 11.1 Å². The largest absolute Gasteiger partial charge is 0.289 e. The minimum Gasteiger partial charge on any atom is -0.289 e. The number of carbonyl (C=O) groups is 1. The summed E-state index contributed by atoms with van der Waals surface area (Å²) in [5, 5.41) is 0.586. The zero-order chi connectivity index (χ0) is 14.7. The monoisotopic (exact) mass is 292 g/mol. The third kappa shape index (κ3) is 2.74. The molecule has 3 aromatic carbocycles. The van der Waals surface area contributed by atoms with E-state index in [1.165, 1.54) is 0 Å². The van der Waals surface area contributed by atoms with Crippen LogP contribution in [-0.4, -0.2) is 5.78 Å². The van der Waals surface area contributed by atoms with Gasteiger partial charge in [0, 0.05) is 21.7 Å². The molecule has 0 heterocycles. The smallest absolute Gasteiger partial charge is 0.193 e. The second kappa shape index (κ2) is 5.94. The van der Waals surface area contributed by atoms with E-state index in [2.05, 4.69) is 0 Å². The number of ketones is 1. The molecule has 3 rings (SSSR count). The first-order valence-electron chi connectivity index (χ1n) is 6.71. The summed E-state index contributed by atoms with van der Waals surface area (Å²) in [4.78, 5) is 12.7. The van der Waals surface area contributed by atoms with Gasteiger partial charge in [-0.25, -0.2) is 0 Å². The molecule has 0 aliphatic heterocycles. The van der Waals surface area contributed by atoms with Gasteiger partial charge in [-0.1, -0.05) is 84.4 Å². The van der Waals surface area contributed by atoms with Crippen molar-refractivity contribution in [1.82, 2.24) is 0 Å². The van der Waals surface area contributed by atoms with E-state index in [1.54, 1.807) is 0 Å². The highest BCUT2D eigenvalue weighted by Crippen LogP contribution is 2.32. The molecular weight excluding hydrogens is 280 g/mol. The molecule has 0 saturated heterocycles. The number of carbonyl (C=O) groups excluding carboxylic acids is 1. The van der Waals surface area contributed by atoms with Crippen molar-refractivity contribution in [2.24, 2.45) is 0 Å². The molecule has 1 nitrogen and oxygen atoms in total. The maximum atomic E-state index is 12.7. The van der Waals surface area contributed by atoms with E-state index in [4.69, 9.17) is 11.6 Å². The van der Waals surface area contributed by atoms with Crippen molar-refractivity contribution < 1.29 is 4.79 Å². The van der Waals surface area contributed by atoms with Crippen molar-refractivity contribution in [2.45, 2.75) is 0 Å². The lowest BCUT2D eigenvalue weighted by Gasteiger charge is -2.11. The van der Waals surface area contributed by atoms with Crippen LogP contribution in [0.15, 0.2) is 78.9 Å². The van der Waals surface area contributed by atoms with Crippen LogP contribution in [0.1, 0.15) is 15.9 Å². The van der Waals surface area contributed by atoms with Crippen molar-refractivity contribution in [1.29, 1.82) is 0 Å². The molecule has 0 saturated carbocycles. The average Bonchev–Trinajstić information content (AvgIpc) is 2.55. The lowest BCUT2D eigenvalue weighted by Crippen LogP contribution is -2.03. The highest BCUT2D eigenvalue weighted by Gasteiger charge is 2.16. The normalized spacial score (nSPS) is 10.3. The average molecular weight is 293 g/mol. The van der Waals surface area contributed by atoms with Crippen LogP contribution in [-0.2, 0) is 0 Å². The van der Waals surface area contributed by atoms with Gasteiger partial charge in [0.25, 0.3) is 0 Å². The molecule has 0 atom stereocenters. The Balaban J connectivity index is 2.16. The standard InChI is InChI=1S/C19H13ClO/c20-17-13-7-12-16(18(17)14-8-3-1-4-9-14)19(21)15-10-5-2-6-11-15/h1-13H. The Labute approximate surface area is 128 Å². The van der Waals surface area contributed by atoms with Crippen LogP contribution in [0, 0.1) is 0 Å². The highest BCUT2D eigenvalue weighted by atomic mass is 35.5. The molecule has 0 aliphatic rings. The Morgan fingerprint density at radius 2 is 1.33 bits per heavy atom. The molecule has 0 N–H and O–H groups in total. The summed E-state index contributed by atoms with van der Waals surface area (Å²) >= 11 is 6.34. The maximum Gasteiger partial charge on any atom is 0.193 e. The molecule has 0 unspecified atom stereocenters. The van der Waals surface area contributed by atoms with Gasteiger partial charge in [0.05, 0.1) is 0 Å². The third-order valence-corrected chi connectivity index (χ3v) is 3.67. The zero-order valence-electron chi connectivity index (χ0n) is 11.3. The minimum absolute atomic E-state index is 0.0167. The summed E-state index contributed by atoms with van der Waals surface area (Å²) in [7, 11) is 0. The second-order valence-electron chi connectivity index (χ2n) is 4.72. The first kappa shape index (κ1) is 13.6. The molecule has 0 radical (unpaired) electrons. The van der Waals surface area contributed by atoms with Crippen LogP contribution in [0.5, 0.6) is 0 Å². The molecule has 0 aromatic heterocycles. The summed E-state index contributed by atoms with van der Waals surface area (Å²) in [6.07, 6.45) is 0. The van der Waals surface area contributed by atoms with Crippen molar-refractivity contribution in [3.8, 4) is 11.1 Å². The van der Waals surface area contributed by atoms with Crippen molar-refractivity contribution >= 4 is 17.4 Å². The van der Waals surface area contributed by atoms with E-state index >= 15 is 0 Å². The van der Waals surface area contributed by atoms with Crippen molar-refractivity contribution in [2.75, 3.05) is 0 Å². The maximum absolute atomic E-state index is 12.7. The number of halogens is 1. The van der Waals surface area contributed by atoms with Crippen molar-refractivity contribution in [3.63, 3.8) is 0 Å².